The van der Waals surface area contributed by atoms with E-state index in [4.69, 9.17) is 14.9 Å². The topological polar surface area (TPSA) is 90.9 Å². The SMILES string of the molecule is Cc1cccc2[nH]c(-c3ccc(-c4cccc(CNCCc5ccncc5)c4)cc3)nc12.O=C(O)C(F)(F)F. The molecule has 2 aromatic heterocycles. The molecule has 6 nitrogen and oxygen atoms in total. The molecule has 0 spiro atoms. The molecule has 5 rings (SSSR count). The number of fused-ring (bicyclic) bond motifs is 1. The number of carbonyl (C=O) groups is 1. The fourth-order valence-corrected chi connectivity index (χ4v) is 4.01. The Morgan fingerprint density at radius 1 is 0.897 bits per heavy atom. The number of aryl methyl sites for hydroxylation is 1. The number of benzene rings is 3. The van der Waals surface area contributed by atoms with Crippen molar-refractivity contribution in [2.45, 2.75) is 26.1 Å². The number of aliphatic carboxylic acids is 1. The number of imidazole rings is 1. The van der Waals surface area contributed by atoms with E-state index in [9.17, 15) is 13.2 Å². The molecule has 3 aromatic carbocycles. The molecule has 0 radical (unpaired) electrons. The highest BCUT2D eigenvalue weighted by Crippen LogP contribution is 2.26. The second-order valence-corrected chi connectivity index (χ2v) is 8.92. The summed E-state index contributed by atoms with van der Waals surface area (Å²) in [6.07, 6.45) is -0.385. The predicted octanol–water partition coefficient (Wildman–Crippen LogP) is 6.57. The average molecular weight is 533 g/mol. The largest absolute Gasteiger partial charge is 0.490 e. The van der Waals surface area contributed by atoms with E-state index in [2.05, 4.69) is 101 Å². The molecule has 0 saturated heterocycles. The van der Waals surface area contributed by atoms with Crippen LogP contribution < -0.4 is 5.32 Å². The molecule has 0 aliphatic rings. The van der Waals surface area contributed by atoms with Gasteiger partial charge in [0.25, 0.3) is 0 Å². The van der Waals surface area contributed by atoms with Crippen molar-refractivity contribution in [3.8, 4) is 22.5 Å². The van der Waals surface area contributed by atoms with E-state index >= 15 is 0 Å². The number of pyridine rings is 1. The second kappa shape index (κ2) is 12.4. The van der Waals surface area contributed by atoms with Crippen molar-refractivity contribution >= 4 is 17.0 Å². The van der Waals surface area contributed by atoms with Crippen LogP contribution in [0.4, 0.5) is 13.2 Å². The van der Waals surface area contributed by atoms with Crippen LogP contribution in [0.1, 0.15) is 16.7 Å². The van der Waals surface area contributed by atoms with Crippen LogP contribution in [0, 0.1) is 6.92 Å². The minimum absolute atomic E-state index is 0.856. The summed E-state index contributed by atoms with van der Waals surface area (Å²) in [5.41, 5.74) is 9.43. The minimum Gasteiger partial charge on any atom is -0.475 e. The summed E-state index contributed by atoms with van der Waals surface area (Å²) in [5.74, 6) is -1.85. The highest BCUT2D eigenvalue weighted by atomic mass is 19.4. The smallest absolute Gasteiger partial charge is 0.475 e. The zero-order chi connectivity index (χ0) is 27.8. The maximum Gasteiger partial charge on any atom is 0.490 e. The molecule has 0 aliphatic heterocycles. The molecule has 0 atom stereocenters. The van der Waals surface area contributed by atoms with Crippen LogP contribution in [0.5, 0.6) is 0 Å². The summed E-state index contributed by atoms with van der Waals surface area (Å²) in [7, 11) is 0. The number of para-hydroxylation sites is 1. The Kier molecular flexibility index (Phi) is 8.73. The summed E-state index contributed by atoms with van der Waals surface area (Å²) in [6.45, 7) is 3.90. The lowest BCUT2D eigenvalue weighted by Crippen LogP contribution is -2.21. The van der Waals surface area contributed by atoms with Gasteiger partial charge in [0.2, 0.25) is 0 Å². The Morgan fingerprint density at radius 3 is 2.23 bits per heavy atom. The number of carboxylic acid groups (broad SMARTS) is 1. The maximum atomic E-state index is 10.6. The van der Waals surface area contributed by atoms with E-state index in [-0.39, 0.29) is 0 Å². The van der Waals surface area contributed by atoms with Gasteiger partial charge in [-0.2, -0.15) is 13.2 Å². The quantitative estimate of drug-likeness (QED) is 0.206. The van der Waals surface area contributed by atoms with Crippen LogP contribution in [-0.4, -0.2) is 38.7 Å². The fraction of sp³-hybridized carbons (Fsp3) is 0.167. The number of hydrogen-bond donors (Lipinski definition) is 3. The van der Waals surface area contributed by atoms with E-state index in [1.165, 1.54) is 27.8 Å². The lowest BCUT2D eigenvalue weighted by molar-refractivity contribution is -0.192. The van der Waals surface area contributed by atoms with Gasteiger partial charge in [0.05, 0.1) is 11.0 Å². The monoisotopic (exact) mass is 532 g/mol. The lowest BCUT2D eigenvalue weighted by Gasteiger charge is -2.08. The first-order valence-corrected chi connectivity index (χ1v) is 12.3. The Labute approximate surface area is 223 Å². The Balaban J connectivity index is 0.000000448. The van der Waals surface area contributed by atoms with Crippen LogP contribution in [0.3, 0.4) is 0 Å². The number of aromatic nitrogens is 3. The number of rotatable bonds is 7. The highest BCUT2D eigenvalue weighted by Gasteiger charge is 2.38. The van der Waals surface area contributed by atoms with Crippen LogP contribution in [0.15, 0.2) is 91.3 Å². The number of aromatic amines is 1. The van der Waals surface area contributed by atoms with Gasteiger partial charge >= 0.3 is 12.1 Å². The van der Waals surface area contributed by atoms with Crippen molar-refractivity contribution in [2.24, 2.45) is 0 Å². The Hall–Kier alpha value is -4.50. The van der Waals surface area contributed by atoms with Gasteiger partial charge in [0.15, 0.2) is 0 Å². The van der Waals surface area contributed by atoms with E-state index in [0.29, 0.717) is 0 Å². The van der Waals surface area contributed by atoms with Crippen molar-refractivity contribution < 1.29 is 23.1 Å². The Morgan fingerprint density at radius 2 is 1.56 bits per heavy atom. The first-order valence-electron chi connectivity index (χ1n) is 12.3. The zero-order valence-electron chi connectivity index (χ0n) is 21.2. The van der Waals surface area contributed by atoms with E-state index in [0.717, 1.165) is 41.9 Å². The van der Waals surface area contributed by atoms with E-state index in [1.807, 2.05) is 12.4 Å². The lowest BCUT2D eigenvalue weighted by atomic mass is 10.0. The summed E-state index contributed by atoms with van der Waals surface area (Å²) < 4.78 is 31.7. The predicted molar refractivity (Wildman–Crippen MR) is 145 cm³/mol. The van der Waals surface area contributed by atoms with E-state index < -0.39 is 12.1 Å². The van der Waals surface area contributed by atoms with Crippen molar-refractivity contribution in [2.75, 3.05) is 6.54 Å². The number of carboxylic acids is 1. The average Bonchev–Trinajstić information content (AvgIpc) is 3.38. The first kappa shape index (κ1) is 27.5. The maximum absolute atomic E-state index is 10.6. The normalized spacial score (nSPS) is 11.2. The van der Waals surface area contributed by atoms with Crippen molar-refractivity contribution in [1.29, 1.82) is 0 Å². The van der Waals surface area contributed by atoms with Gasteiger partial charge in [0, 0.05) is 24.5 Å². The molecule has 3 N–H and O–H groups in total. The van der Waals surface area contributed by atoms with Crippen LogP contribution in [0.25, 0.3) is 33.5 Å². The number of halogens is 3. The highest BCUT2D eigenvalue weighted by molar-refractivity contribution is 5.82. The third kappa shape index (κ3) is 7.52. The molecular formula is C30H27F3N4O2. The number of H-pyrrole nitrogens is 1. The van der Waals surface area contributed by atoms with Crippen LogP contribution in [-0.2, 0) is 17.8 Å². The molecule has 9 heteroatoms. The molecule has 0 bridgehead atoms. The van der Waals surface area contributed by atoms with Crippen molar-refractivity contribution in [3.05, 3.63) is 108 Å². The minimum atomic E-state index is -5.08. The summed E-state index contributed by atoms with van der Waals surface area (Å²) in [4.78, 5) is 21.2. The van der Waals surface area contributed by atoms with Gasteiger partial charge in [0.1, 0.15) is 5.82 Å². The molecule has 0 amide bonds. The van der Waals surface area contributed by atoms with Gasteiger partial charge in [-0.3, -0.25) is 4.98 Å². The number of nitrogens with zero attached hydrogens (tertiary/aromatic N) is 2. The molecule has 2 heterocycles. The molecule has 5 aromatic rings. The third-order valence-corrected chi connectivity index (χ3v) is 6.04. The molecule has 0 unspecified atom stereocenters. The second-order valence-electron chi connectivity index (χ2n) is 8.92. The molecule has 0 fully saturated rings. The van der Waals surface area contributed by atoms with Gasteiger partial charge < -0.3 is 15.4 Å². The molecule has 39 heavy (non-hydrogen) atoms. The van der Waals surface area contributed by atoms with Crippen LogP contribution in [0.2, 0.25) is 0 Å². The summed E-state index contributed by atoms with van der Waals surface area (Å²) in [5, 5.41) is 10.7. The fourth-order valence-electron chi connectivity index (χ4n) is 4.01. The van der Waals surface area contributed by atoms with Crippen molar-refractivity contribution in [1.82, 2.24) is 20.3 Å². The third-order valence-electron chi connectivity index (χ3n) is 6.04. The Bertz CT molecular complexity index is 1530. The standard InChI is InChI=1S/C28H26N4.C2HF3O2/c1-20-4-2-7-26-27(20)32-28(31-26)24-10-8-23(9-11-24)25-6-3-5-22(18-25)19-30-17-14-21-12-15-29-16-13-21;3-2(4,5)1(6)7/h2-13,15-16,18,30H,14,17,19H2,1H3,(H,31,32);(H,6,7). The zero-order valence-corrected chi connectivity index (χ0v) is 21.2. The van der Waals surface area contributed by atoms with Gasteiger partial charge in [-0.1, -0.05) is 54.6 Å². The van der Waals surface area contributed by atoms with Gasteiger partial charge in [-0.15, -0.1) is 0 Å². The van der Waals surface area contributed by atoms with E-state index in [1.54, 1.807) is 0 Å². The first-order chi connectivity index (χ1) is 18.7. The molecule has 200 valence electrons. The van der Waals surface area contributed by atoms with Gasteiger partial charge in [-0.25, -0.2) is 9.78 Å². The molecular weight excluding hydrogens is 505 g/mol. The number of hydrogen-bond acceptors (Lipinski definition) is 4. The number of nitrogens with one attached hydrogen (secondary N) is 2. The summed E-state index contributed by atoms with van der Waals surface area (Å²) >= 11 is 0. The summed E-state index contributed by atoms with van der Waals surface area (Å²) in [6, 6.07) is 27.7. The van der Waals surface area contributed by atoms with Gasteiger partial charge in [-0.05, 0) is 72.0 Å². The molecule has 0 aliphatic carbocycles. The van der Waals surface area contributed by atoms with Crippen molar-refractivity contribution in [3.63, 3.8) is 0 Å². The number of alkyl halides is 3. The molecule has 0 saturated carbocycles. The van der Waals surface area contributed by atoms with Crippen LogP contribution >= 0.6 is 0 Å².